The third-order valence-electron chi connectivity index (χ3n) is 25.1. The summed E-state index contributed by atoms with van der Waals surface area (Å²) in [6.45, 7) is 33.2. The van der Waals surface area contributed by atoms with Crippen LogP contribution in [0.25, 0.3) is 32.7 Å². The number of carboxylic acid groups (broad SMARTS) is 2. The van der Waals surface area contributed by atoms with E-state index >= 15 is 0 Å². The maximum Gasteiger partial charge on any atom is 0.430 e. The monoisotopic (exact) mass is 2140 g/mol. The highest BCUT2D eigenvalue weighted by molar-refractivity contribution is 9.09. The first-order valence-corrected chi connectivity index (χ1v) is 51.3. The van der Waals surface area contributed by atoms with Crippen LogP contribution in [0.4, 0.5) is 13.2 Å². The quantitative estimate of drug-likeness (QED) is 0.0147. The Labute approximate surface area is 873 Å². The number of aromatic nitrogens is 3. The molecule has 3 aromatic heterocycles. The van der Waals surface area contributed by atoms with Gasteiger partial charge in [0.1, 0.15) is 52.4 Å². The zero-order valence-electron chi connectivity index (χ0n) is 87.8. The number of aliphatic hydroxyl groups excluding tert-OH is 4. The van der Waals surface area contributed by atoms with E-state index in [0.717, 1.165) is 84.3 Å². The molecule has 5 saturated heterocycles. The molecule has 0 spiro atoms. The maximum atomic E-state index is 13.2. The van der Waals surface area contributed by atoms with Crippen molar-refractivity contribution < 1.29 is 112 Å². The van der Waals surface area contributed by atoms with Crippen molar-refractivity contribution in [2.75, 3.05) is 151 Å². The number of quaternary nitrogens is 1. The Morgan fingerprint density at radius 3 is 1.11 bits per heavy atom. The molecular formula is C104H155BrF3N21O19. The summed E-state index contributed by atoms with van der Waals surface area (Å²) in [5.41, 5.74) is 7.21. The molecule has 818 valence electrons. The molecule has 19 N–H and O–H groups in total. The van der Waals surface area contributed by atoms with Gasteiger partial charge in [-0.15, -0.1) is 0 Å². The van der Waals surface area contributed by atoms with Crippen LogP contribution in [-0.2, 0) is 33.6 Å². The number of ketones is 1. The molecule has 5 fully saturated rings. The molecule has 14 atom stereocenters. The fraction of sp³-hybridized carbons (Fsp3) is 0.625. The van der Waals surface area contributed by atoms with Gasteiger partial charge in [-0.1, -0.05) is 117 Å². The van der Waals surface area contributed by atoms with E-state index in [-0.39, 0.29) is 152 Å². The summed E-state index contributed by atoms with van der Waals surface area (Å²) < 4.78 is 47.4. The summed E-state index contributed by atoms with van der Waals surface area (Å²) in [5.74, 6) is -0.560. The van der Waals surface area contributed by atoms with E-state index in [0.29, 0.717) is 155 Å². The van der Waals surface area contributed by atoms with Crippen molar-refractivity contribution in [3.63, 3.8) is 0 Å². The van der Waals surface area contributed by atoms with E-state index < -0.39 is 48.5 Å². The molecule has 0 bridgehead atoms. The van der Waals surface area contributed by atoms with Crippen LogP contribution in [0, 0.1) is 128 Å². The van der Waals surface area contributed by atoms with Gasteiger partial charge in [0, 0.05) is 131 Å². The number of alkyl halides is 4. The van der Waals surface area contributed by atoms with E-state index in [4.69, 9.17) is 45.0 Å². The maximum absolute atomic E-state index is 13.2. The summed E-state index contributed by atoms with van der Waals surface area (Å²) in [7, 11) is 4.71. The third kappa shape index (κ3) is 45.9. The number of halogens is 4. The van der Waals surface area contributed by atoms with Crippen molar-refractivity contribution in [2.45, 2.75) is 196 Å². The Morgan fingerprint density at radius 1 is 0.466 bits per heavy atom. The SMILES string of the molecule is CC(C)C[C@H](C)C(O)CN(CC#N)C[C@@H]1CCNC1=O.CC(C)C[C@H](C)C(O)CNC[C@@H]1CCNC1=O.CC(C)C[C@H]([NH3+])C(O)CN(CC#N)C[C@@H]1CCNC1=O.COc1cccc2[nH]c(C(=O)N[C@@H](CC(C)C)C(=O)CN(CC#N)C[C@@H]3CCNC3=O)cc12.COc1cccc2[nH]c(C(=O)N[C@@H](CC(C)C)[C@@H](O)CN(CC#N)C[C@@H]3CCNC3=O)cc12.COc1cccc2[nH]c(C(=O)O)cc12.N#CCBr.O=C([O-])C(F)(F)F. The smallest absolute Gasteiger partial charge is 0.430 e. The van der Waals surface area contributed by atoms with Gasteiger partial charge in [0.05, 0.1) is 150 Å². The Bertz CT molecular complexity index is 5300. The summed E-state index contributed by atoms with van der Waals surface area (Å²) in [6, 6.07) is 30.5. The molecule has 44 heteroatoms. The van der Waals surface area contributed by atoms with Gasteiger partial charge < -0.3 is 113 Å². The van der Waals surface area contributed by atoms with Gasteiger partial charge in [-0.05, 0) is 154 Å². The number of carboxylic acids is 2. The number of aliphatic carboxylic acids is 1. The normalized spacial score (nSPS) is 17.9. The van der Waals surface area contributed by atoms with Gasteiger partial charge in [-0.25, -0.2) is 4.79 Å². The van der Waals surface area contributed by atoms with Crippen molar-refractivity contribution in [2.24, 2.45) is 71.0 Å². The van der Waals surface area contributed by atoms with Crippen LogP contribution in [0.2, 0.25) is 0 Å². The lowest BCUT2D eigenvalue weighted by molar-refractivity contribution is -0.441. The van der Waals surface area contributed by atoms with Gasteiger partial charge in [-0.2, -0.15) is 39.5 Å². The number of aromatic carboxylic acids is 1. The molecule has 6 aromatic rings. The predicted molar refractivity (Wildman–Crippen MR) is 552 cm³/mol. The number of Topliss-reactive ketones (excluding diaryl/α,β-unsaturated/α-hetero) is 1. The number of carbonyl (C=O) groups excluding carboxylic acids is 9. The fourth-order valence-electron chi connectivity index (χ4n) is 17.6. The van der Waals surface area contributed by atoms with Crippen LogP contribution in [0.3, 0.4) is 0 Å². The molecule has 0 aliphatic carbocycles. The Hall–Kier alpha value is -12.1. The van der Waals surface area contributed by atoms with E-state index in [1.807, 2.05) is 99.0 Å². The van der Waals surface area contributed by atoms with Crippen molar-refractivity contribution in [1.82, 2.24) is 77.1 Å². The molecular weight excluding hydrogens is 1980 g/mol. The first-order chi connectivity index (χ1) is 70.1. The number of amides is 7. The minimum absolute atomic E-state index is 0.00443. The number of hydrogen-bond acceptors (Lipinski definition) is 28. The average molecular weight is 2140 g/mol. The highest BCUT2D eigenvalue weighted by atomic mass is 79.9. The molecule has 0 radical (unpaired) electrons. The second kappa shape index (κ2) is 67.1. The van der Waals surface area contributed by atoms with Crippen LogP contribution in [0.5, 0.6) is 17.2 Å². The number of nitriles is 5. The fourth-order valence-corrected chi connectivity index (χ4v) is 17.6. The first kappa shape index (κ1) is 128. The van der Waals surface area contributed by atoms with Crippen molar-refractivity contribution in [3.8, 4) is 47.6 Å². The number of aliphatic hydroxyl groups is 4. The highest BCUT2D eigenvalue weighted by Crippen LogP contribution is 2.31. The number of carbonyl (C=O) groups is 10. The van der Waals surface area contributed by atoms with E-state index in [9.17, 15) is 87.3 Å². The Morgan fingerprint density at radius 2 is 0.784 bits per heavy atom. The molecule has 5 aliphatic heterocycles. The molecule has 148 heavy (non-hydrogen) atoms. The van der Waals surface area contributed by atoms with Gasteiger partial charge in [0.2, 0.25) is 29.5 Å². The van der Waals surface area contributed by atoms with Gasteiger partial charge >= 0.3 is 12.1 Å². The first-order valence-electron chi connectivity index (χ1n) is 50.2. The second-order valence-electron chi connectivity index (χ2n) is 39.8. The number of nitrogens with zero attached hydrogens (tertiary/aromatic N) is 9. The number of ether oxygens (including phenoxy) is 3. The molecule has 8 heterocycles. The number of aromatic amines is 3. The summed E-state index contributed by atoms with van der Waals surface area (Å²) in [4.78, 5) is 133. The lowest BCUT2D eigenvalue weighted by atomic mass is 9.93. The van der Waals surface area contributed by atoms with Crippen LogP contribution >= 0.6 is 15.9 Å². The summed E-state index contributed by atoms with van der Waals surface area (Å²) in [5, 5.41) is 129. The molecule has 7 amide bonds. The number of methoxy groups -OCH3 is 3. The zero-order valence-corrected chi connectivity index (χ0v) is 89.4. The molecule has 3 aromatic carbocycles. The molecule has 11 rings (SSSR count). The lowest BCUT2D eigenvalue weighted by Gasteiger charge is -2.30. The second-order valence-corrected chi connectivity index (χ2v) is 40.4. The standard InChI is InChI=1S/C24H33N5O4.C24H31N5O4.C15H27N3O2.C14H26N4O2.C13H26N2O2.C10H9NO3.C2H2BrN.C2HF3O2/c2*1-15(2)11-19(21(30)14-29(10-8-25)13-16-7-9-26-23(16)31)28-24(32)20-12-17-18(27-20)5-4-6-22(17)33-3;1-11(2)8-12(3)14(19)10-18(7-5-16)9-13-4-6-17-15(13)20;1-10(2)7-12(16)13(19)9-18(6-4-15)8-11-3-5-17-14(11)20;1-9(2)6-10(3)12(16)8-14-7-11-4-5-15-13(11)17;1-14-9-4-2-3-7-6(9)5-8(11-7)10(12)13;3-1-2-4;3-2(4,5)1(6)7/h4-6,12,15-16,19,21,27,30H,7,9-11,13-14H2,1-3H3,(H,26,31)(H,28,32);4-6,12,15-16,19,27H,7,9-11,13-14H2,1-3H3,(H,26,31)(H,28,32);11-14,19H,4,6-10H2,1-3H3,(H,17,20);10-13,19H,3,5-9,16H2,1-2H3,(H,17,20);9-12,14,16H,4-8H2,1-3H3,(H,15,17);2-5,11H,1H3,(H,12,13);1H2;(H,6,7)/t16-,19-,21-;16-,19-;12-,13-,14?;11-,12-,13?;10-,11-,12?;;;/m00000.../s1. The van der Waals surface area contributed by atoms with Gasteiger partial charge in [0.25, 0.3) is 11.8 Å². The molecule has 5 aliphatic rings. The lowest BCUT2D eigenvalue weighted by Crippen LogP contribution is -2.68. The summed E-state index contributed by atoms with van der Waals surface area (Å²) >= 11 is 2.89. The van der Waals surface area contributed by atoms with Crippen molar-refractivity contribution in [1.29, 1.82) is 26.3 Å². The Balaban J connectivity index is 0.000000370. The molecule has 3 unspecified atom stereocenters. The van der Waals surface area contributed by atoms with E-state index in [1.165, 1.54) is 0 Å². The molecule has 0 saturated carbocycles. The largest absolute Gasteiger partial charge is 0.542 e. The minimum Gasteiger partial charge on any atom is -0.542 e. The van der Waals surface area contributed by atoms with E-state index in [2.05, 4.69) is 152 Å². The number of nitrogens with one attached hydrogen (secondary N) is 11. The number of H-pyrrole nitrogens is 3. The number of benzene rings is 3. The summed E-state index contributed by atoms with van der Waals surface area (Å²) in [6.07, 6.45) is 0.402. The van der Waals surface area contributed by atoms with E-state index in [1.54, 1.807) is 55.4 Å². The van der Waals surface area contributed by atoms with Crippen LogP contribution < -0.4 is 67.6 Å². The number of rotatable bonds is 47. The average Bonchev–Trinajstić information content (AvgIpc) is 1.67. The number of hydrogen-bond donors (Lipinski definition) is 17. The third-order valence-corrected chi connectivity index (χ3v) is 25.4. The van der Waals surface area contributed by atoms with Crippen molar-refractivity contribution >= 4 is 108 Å². The van der Waals surface area contributed by atoms with Gasteiger partial charge in [0.15, 0.2) is 5.78 Å². The van der Waals surface area contributed by atoms with Crippen LogP contribution in [0.15, 0.2) is 72.8 Å². The topological polar surface area (TPSA) is 626 Å². The van der Waals surface area contributed by atoms with Crippen molar-refractivity contribution in [3.05, 3.63) is 89.9 Å². The molecule has 40 nitrogen and oxygen atoms in total. The van der Waals surface area contributed by atoms with Crippen LogP contribution in [-0.4, -0.2) is 319 Å². The number of fused-ring (bicyclic) bond motifs is 3. The predicted octanol–water partition coefficient (Wildman–Crippen LogP) is 6.29. The zero-order chi connectivity index (χ0) is 111. The van der Waals surface area contributed by atoms with Crippen LogP contribution in [0.1, 0.15) is 179 Å². The highest BCUT2D eigenvalue weighted by Gasteiger charge is 2.36. The van der Waals surface area contributed by atoms with Gasteiger partial charge in [-0.3, -0.25) is 58.0 Å². The minimum atomic E-state index is -5.19. The Kier molecular flexibility index (Phi) is 58.1.